The van der Waals surface area contributed by atoms with E-state index in [9.17, 15) is 0 Å². The van der Waals surface area contributed by atoms with Gasteiger partial charge in [-0.15, -0.1) is 0 Å². The quantitative estimate of drug-likeness (QED) is 0.115. The Bertz CT molecular complexity index is 1460. The molecule has 0 saturated heterocycles. The molecule has 1 fully saturated rings. The Morgan fingerprint density at radius 1 is 0.609 bits per heavy atom. The van der Waals surface area contributed by atoms with Crippen molar-refractivity contribution >= 4 is 11.4 Å². The molecular weight excluding hydrogens is 564 g/mol. The van der Waals surface area contributed by atoms with E-state index in [0.29, 0.717) is 11.4 Å². The van der Waals surface area contributed by atoms with Gasteiger partial charge in [0.1, 0.15) is 23.0 Å². The fourth-order valence-corrected chi connectivity index (χ4v) is 7.58. The predicted octanol–water partition coefficient (Wildman–Crippen LogP) is 11.9. The molecule has 0 radical (unpaired) electrons. The van der Waals surface area contributed by atoms with Gasteiger partial charge in [0.15, 0.2) is 0 Å². The summed E-state index contributed by atoms with van der Waals surface area (Å²) in [4.78, 5) is 0. The second-order valence-electron chi connectivity index (χ2n) is 13.8. The number of hydrogen-bond acceptors (Lipinski definition) is 4. The lowest BCUT2D eigenvalue weighted by atomic mass is 9.62. The number of anilines is 2. The molecule has 0 amide bonds. The van der Waals surface area contributed by atoms with Gasteiger partial charge >= 0.3 is 0 Å². The van der Waals surface area contributed by atoms with E-state index in [1.807, 2.05) is 48.5 Å². The van der Waals surface area contributed by atoms with E-state index in [1.54, 1.807) is 0 Å². The number of benzene rings is 4. The second-order valence-corrected chi connectivity index (χ2v) is 13.8. The first-order chi connectivity index (χ1) is 22.2. The normalized spacial score (nSPS) is 14.7. The van der Waals surface area contributed by atoms with Gasteiger partial charge in [0.05, 0.1) is 0 Å². The standard InChI is InChI=1S/C42H54N2O2/c1-6-7-8-9-10-11-14-33-19-21-42(22-20-33,34-23-29(2)40(30(3)24-34)45-38-17-12-15-36(43)27-38)35-25-31(4)41(32(5)26-35)46-39-18-13-16-37(44)28-39/h12-13,15-18,23-28,33H,6-11,14,19-22,43-44H2,1-5H3. The van der Waals surface area contributed by atoms with Gasteiger partial charge in [-0.05, 0) is 117 Å². The van der Waals surface area contributed by atoms with Crippen molar-refractivity contribution < 1.29 is 9.47 Å². The SMILES string of the molecule is CCCCCCCCC1CCC(c2cc(C)c(Oc3cccc(N)c3)c(C)c2)(c2cc(C)c(Oc3cccc(N)c3)c(C)c2)CC1. The van der Waals surface area contributed by atoms with Crippen LogP contribution >= 0.6 is 0 Å². The number of nitrogen functional groups attached to an aromatic ring is 2. The van der Waals surface area contributed by atoms with Gasteiger partial charge < -0.3 is 20.9 Å². The molecule has 4 aromatic rings. The number of aryl methyl sites for hydroxylation is 4. The van der Waals surface area contributed by atoms with E-state index in [1.165, 1.54) is 68.9 Å². The maximum atomic E-state index is 6.41. The lowest BCUT2D eigenvalue weighted by Gasteiger charge is -2.42. The fraction of sp³-hybridized carbons (Fsp3) is 0.429. The molecule has 0 bridgehead atoms. The average Bonchev–Trinajstić information content (AvgIpc) is 3.02. The van der Waals surface area contributed by atoms with Crippen LogP contribution < -0.4 is 20.9 Å². The highest BCUT2D eigenvalue weighted by Gasteiger charge is 2.39. The summed E-state index contributed by atoms with van der Waals surface area (Å²) in [5.74, 6) is 4.18. The third-order valence-corrected chi connectivity index (χ3v) is 10.1. The molecule has 0 aliphatic heterocycles. The monoisotopic (exact) mass is 618 g/mol. The molecule has 244 valence electrons. The number of hydrogen-bond donors (Lipinski definition) is 2. The van der Waals surface area contributed by atoms with Crippen LogP contribution in [0.25, 0.3) is 0 Å². The maximum Gasteiger partial charge on any atom is 0.133 e. The Morgan fingerprint density at radius 2 is 1.04 bits per heavy atom. The Morgan fingerprint density at radius 3 is 1.48 bits per heavy atom. The van der Waals surface area contributed by atoms with Crippen LogP contribution in [-0.4, -0.2) is 0 Å². The molecular formula is C42H54N2O2. The summed E-state index contributed by atoms with van der Waals surface area (Å²) >= 11 is 0. The van der Waals surface area contributed by atoms with Crippen LogP contribution in [0.5, 0.6) is 23.0 Å². The van der Waals surface area contributed by atoms with Crippen LogP contribution in [-0.2, 0) is 5.41 Å². The molecule has 1 aliphatic rings. The molecule has 46 heavy (non-hydrogen) atoms. The van der Waals surface area contributed by atoms with Crippen LogP contribution in [0.3, 0.4) is 0 Å². The first kappa shape index (κ1) is 33.4. The second kappa shape index (κ2) is 15.1. The van der Waals surface area contributed by atoms with E-state index in [-0.39, 0.29) is 5.41 Å². The summed E-state index contributed by atoms with van der Waals surface area (Å²) in [6.45, 7) is 11.0. The van der Waals surface area contributed by atoms with Crippen molar-refractivity contribution in [3.63, 3.8) is 0 Å². The van der Waals surface area contributed by atoms with E-state index in [2.05, 4.69) is 58.9 Å². The molecule has 0 spiro atoms. The van der Waals surface area contributed by atoms with Crippen LogP contribution in [0.2, 0.25) is 0 Å². The molecule has 4 N–H and O–H groups in total. The third-order valence-electron chi connectivity index (χ3n) is 10.1. The van der Waals surface area contributed by atoms with Gasteiger partial charge in [-0.2, -0.15) is 0 Å². The van der Waals surface area contributed by atoms with Gasteiger partial charge in [-0.1, -0.05) is 88.3 Å². The zero-order valence-corrected chi connectivity index (χ0v) is 28.8. The van der Waals surface area contributed by atoms with Crippen molar-refractivity contribution in [3.8, 4) is 23.0 Å². The highest BCUT2D eigenvalue weighted by atomic mass is 16.5. The summed E-state index contributed by atoms with van der Waals surface area (Å²) in [7, 11) is 0. The Labute approximate surface area is 277 Å². The molecule has 1 saturated carbocycles. The van der Waals surface area contributed by atoms with Crippen molar-refractivity contribution in [2.45, 2.75) is 111 Å². The van der Waals surface area contributed by atoms with Crippen molar-refractivity contribution in [1.29, 1.82) is 0 Å². The number of ether oxygens (including phenoxy) is 2. The van der Waals surface area contributed by atoms with Crippen molar-refractivity contribution in [3.05, 3.63) is 106 Å². The van der Waals surface area contributed by atoms with Crippen LogP contribution in [0.1, 0.15) is 111 Å². The molecule has 4 nitrogen and oxygen atoms in total. The largest absolute Gasteiger partial charge is 0.457 e. The van der Waals surface area contributed by atoms with Crippen molar-refractivity contribution in [2.24, 2.45) is 5.92 Å². The van der Waals surface area contributed by atoms with Crippen molar-refractivity contribution in [1.82, 2.24) is 0 Å². The van der Waals surface area contributed by atoms with Gasteiger partial charge in [-0.25, -0.2) is 0 Å². The molecule has 1 aliphatic carbocycles. The Kier molecular flexibility index (Phi) is 11.0. The van der Waals surface area contributed by atoms with Crippen LogP contribution in [0, 0.1) is 33.6 Å². The zero-order valence-electron chi connectivity index (χ0n) is 28.8. The first-order valence-corrected chi connectivity index (χ1v) is 17.5. The van der Waals surface area contributed by atoms with E-state index < -0.39 is 0 Å². The van der Waals surface area contributed by atoms with E-state index >= 15 is 0 Å². The molecule has 4 aromatic carbocycles. The molecule has 5 rings (SSSR count). The third kappa shape index (κ3) is 7.89. The highest BCUT2D eigenvalue weighted by molar-refractivity contribution is 5.55. The number of rotatable bonds is 13. The smallest absolute Gasteiger partial charge is 0.133 e. The average molecular weight is 619 g/mol. The predicted molar refractivity (Wildman–Crippen MR) is 194 cm³/mol. The van der Waals surface area contributed by atoms with Gasteiger partial charge in [0, 0.05) is 28.9 Å². The lowest BCUT2D eigenvalue weighted by molar-refractivity contribution is 0.249. The molecule has 0 atom stereocenters. The molecule has 0 unspecified atom stereocenters. The van der Waals surface area contributed by atoms with Crippen LogP contribution in [0.4, 0.5) is 11.4 Å². The van der Waals surface area contributed by atoms with Gasteiger partial charge in [0.25, 0.3) is 0 Å². The number of nitrogens with two attached hydrogens (primary N) is 2. The maximum absolute atomic E-state index is 6.41. The minimum Gasteiger partial charge on any atom is -0.457 e. The minimum atomic E-state index is -0.0614. The number of unbranched alkanes of at least 4 members (excludes halogenated alkanes) is 5. The summed E-state index contributed by atoms with van der Waals surface area (Å²) in [6, 6.07) is 24.9. The first-order valence-electron chi connectivity index (χ1n) is 17.5. The summed E-state index contributed by atoms with van der Waals surface area (Å²) < 4.78 is 12.8. The zero-order chi connectivity index (χ0) is 32.7. The van der Waals surface area contributed by atoms with E-state index in [4.69, 9.17) is 20.9 Å². The topological polar surface area (TPSA) is 70.5 Å². The van der Waals surface area contributed by atoms with Gasteiger partial charge in [0.2, 0.25) is 0 Å². The molecule has 0 heterocycles. The fourth-order valence-electron chi connectivity index (χ4n) is 7.58. The minimum absolute atomic E-state index is 0.0614. The van der Waals surface area contributed by atoms with E-state index in [0.717, 1.165) is 64.0 Å². The molecule has 0 aromatic heterocycles. The Balaban J connectivity index is 1.45. The van der Waals surface area contributed by atoms with Crippen LogP contribution in [0.15, 0.2) is 72.8 Å². The summed E-state index contributed by atoms with van der Waals surface area (Å²) in [5.41, 5.74) is 20.8. The Hall–Kier alpha value is -3.92. The summed E-state index contributed by atoms with van der Waals surface area (Å²) in [6.07, 6.45) is 14.4. The lowest BCUT2D eigenvalue weighted by Crippen LogP contribution is -2.33. The highest BCUT2D eigenvalue weighted by Crippen LogP contribution is 2.50. The van der Waals surface area contributed by atoms with Gasteiger partial charge in [-0.3, -0.25) is 0 Å². The van der Waals surface area contributed by atoms with Crippen molar-refractivity contribution in [2.75, 3.05) is 11.5 Å². The summed E-state index contributed by atoms with van der Waals surface area (Å²) in [5, 5.41) is 0. The molecule has 4 heteroatoms.